The highest BCUT2D eigenvalue weighted by atomic mass is 35.5. The van der Waals surface area contributed by atoms with Gasteiger partial charge in [0.05, 0.1) is 17.7 Å². The maximum Gasteiger partial charge on any atom is 0.322 e. The van der Waals surface area contributed by atoms with E-state index in [2.05, 4.69) is 15.5 Å². The number of nitrogens with zero attached hydrogens (tertiary/aromatic N) is 3. The van der Waals surface area contributed by atoms with Crippen LogP contribution in [-0.2, 0) is 6.54 Å². The SMILES string of the molecule is CCCN(Cc1nnc(-c2ccccc2Cl)o1)C(=O)Nc1cccc(OC)c1. The van der Waals surface area contributed by atoms with Crippen LogP contribution >= 0.6 is 11.6 Å². The molecule has 0 radical (unpaired) electrons. The molecule has 0 saturated carbocycles. The molecule has 2 aromatic carbocycles. The molecule has 0 bridgehead atoms. The van der Waals surface area contributed by atoms with Gasteiger partial charge in [0.2, 0.25) is 11.8 Å². The fourth-order valence-electron chi connectivity index (χ4n) is 2.65. The molecule has 0 aliphatic carbocycles. The molecule has 2 amide bonds. The molecular weight excluding hydrogens is 380 g/mol. The fourth-order valence-corrected chi connectivity index (χ4v) is 2.87. The Morgan fingerprint density at radius 3 is 2.79 bits per heavy atom. The van der Waals surface area contributed by atoms with Gasteiger partial charge in [0.25, 0.3) is 0 Å². The van der Waals surface area contributed by atoms with Gasteiger partial charge in [0.1, 0.15) is 12.3 Å². The largest absolute Gasteiger partial charge is 0.497 e. The number of anilines is 1. The minimum atomic E-state index is -0.257. The second kappa shape index (κ2) is 9.23. The Bertz CT molecular complexity index is 944. The minimum absolute atomic E-state index is 0.196. The Morgan fingerprint density at radius 2 is 2.04 bits per heavy atom. The highest BCUT2D eigenvalue weighted by molar-refractivity contribution is 6.33. The predicted molar refractivity (Wildman–Crippen MR) is 107 cm³/mol. The van der Waals surface area contributed by atoms with Crippen molar-refractivity contribution in [1.29, 1.82) is 0 Å². The van der Waals surface area contributed by atoms with Crippen molar-refractivity contribution in [3.8, 4) is 17.2 Å². The number of nitrogens with one attached hydrogen (secondary N) is 1. The number of rotatable bonds is 7. The summed E-state index contributed by atoms with van der Waals surface area (Å²) in [5.74, 6) is 1.33. The summed E-state index contributed by atoms with van der Waals surface area (Å²) in [6.45, 7) is 2.73. The maximum atomic E-state index is 12.7. The van der Waals surface area contributed by atoms with Gasteiger partial charge in [-0.1, -0.05) is 36.7 Å². The molecule has 28 heavy (non-hydrogen) atoms. The van der Waals surface area contributed by atoms with Crippen molar-refractivity contribution in [2.45, 2.75) is 19.9 Å². The van der Waals surface area contributed by atoms with Crippen molar-refractivity contribution in [2.75, 3.05) is 19.0 Å². The summed E-state index contributed by atoms with van der Waals surface area (Å²) >= 11 is 6.18. The summed E-state index contributed by atoms with van der Waals surface area (Å²) in [7, 11) is 1.58. The average molecular weight is 401 g/mol. The lowest BCUT2D eigenvalue weighted by Gasteiger charge is -2.21. The third-order valence-electron chi connectivity index (χ3n) is 4.00. The highest BCUT2D eigenvalue weighted by Gasteiger charge is 2.18. The normalized spacial score (nSPS) is 10.5. The van der Waals surface area contributed by atoms with E-state index in [1.165, 1.54) is 0 Å². The monoisotopic (exact) mass is 400 g/mol. The number of methoxy groups -OCH3 is 1. The molecule has 0 unspecified atom stereocenters. The third kappa shape index (κ3) is 4.80. The first-order valence-electron chi connectivity index (χ1n) is 8.88. The molecular formula is C20H21ClN4O3. The van der Waals surface area contributed by atoms with E-state index >= 15 is 0 Å². The van der Waals surface area contributed by atoms with E-state index in [1.54, 1.807) is 36.3 Å². The van der Waals surface area contributed by atoms with Crippen LogP contribution < -0.4 is 10.1 Å². The molecule has 0 spiro atoms. The van der Waals surface area contributed by atoms with Crippen LogP contribution in [0.2, 0.25) is 5.02 Å². The van der Waals surface area contributed by atoms with E-state index in [0.717, 1.165) is 6.42 Å². The molecule has 0 aliphatic heterocycles. The van der Waals surface area contributed by atoms with Crippen LogP contribution in [0.4, 0.5) is 10.5 Å². The zero-order chi connectivity index (χ0) is 19.9. The summed E-state index contributed by atoms with van der Waals surface area (Å²) in [4.78, 5) is 14.3. The topological polar surface area (TPSA) is 80.5 Å². The molecule has 0 aliphatic rings. The fraction of sp³-hybridized carbons (Fsp3) is 0.250. The summed E-state index contributed by atoms with van der Waals surface area (Å²) in [5.41, 5.74) is 1.30. The summed E-state index contributed by atoms with van der Waals surface area (Å²) < 4.78 is 10.9. The number of urea groups is 1. The van der Waals surface area contributed by atoms with Crippen LogP contribution in [0.25, 0.3) is 11.5 Å². The van der Waals surface area contributed by atoms with Crippen LogP contribution in [0.3, 0.4) is 0 Å². The number of carbonyl (C=O) groups excluding carboxylic acids is 1. The van der Waals surface area contributed by atoms with Gasteiger partial charge in [0.15, 0.2) is 0 Å². The number of carbonyl (C=O) groups is 1. The molecule has 0 atom stereocenters. The van der Waals surface area contributed by atoms with Gasteiger partial charge in [0, 0.05) is 18.3 Å². The summed E-state index contributed by atoms with van der Waals surface area (Å²) in [6.07, 6.45) is 0.789. The second-order valence-corrected chi connectivity index (χ2v) is 6.47. The first-order valence-corrected chi connectivity index (χ1v) is 9.25. The molecule has 146 valence electrons. The zero-order valence-electron chi connectivity index (χ0n) is 15.7. The van der Waals surface area contributed by atoms with Crippen molar-refractivity contribution in [1.82, 2.24) is 15.1 Å². The van der Waals surface area contributed by atoms with Gasteiger partial charge < -0.3 is 19.4 Å². The molecule has 0 fully saturated rings. The van der Waals surface area contributed by atoms with Gasteiger partial charge >= 0.3 is 6.03 Å². The third-order valence-corrected chi connectivity index (χ3v) is 4.33. The number of hydrogen-bond donors (Lipinski definition) is 1. The quantitative estimate of drug-likeness (QED) is 0.613. The van der Waals surface area contributed by atoms with Crippen LogP contribution in [-0.4, -0.2) is 34.8 Å². The Labute approximate surface area is 168 Å². The van der Waals surface area contributed by atoms with E-state index in [1.807, 2.05) is 31.2 Å². The lowest BCUT2D eigenvalue weighted by atomic mass is 10.2. The number of hydrogen-bond acceptors (Lipinski definition) is 5. The van der Waals surface area contributed by atoms with Gasteiger partial charge in [-0.2, -0.15) is 0 Å². The molecule has 3 aromatic rings. The smallest absolute Gasteiger partial charge is 0.322 e. The number of benzene rings is 2. The summed E-state index contributed by atoms with van der Waals surface area (Å²) in [5, 5.41) is 11.5. The number of aromatic nitrogens is 2. The number of ether oxygens (including phenoxy) is 1. The predicted octanol–water partition coefficient (Wildman–Crippen LogP) is 4.84. The molecule has 8 heteroatoms. The van der Waals surface area contributed by atoms with Gasteiger partial charge in [-0.3, -0.25) is 0 Å². The minimum Gasteiger partial charge on any atom is -0.497 e. The van der Waals surface area contributed by atoms with Crippen molar-refractivity contribution >= 4 is 23.3 Å². The number of halogens is 1. The standard InChI is InChI=1S/C20H21ClN4O3/c1-3-11-25(20(26)22-14-7-6-8-15(12-14)27-2)13-18-23-24-19(28-18)16-9-4-5-10-17(16)21/h4-10,12H,3,11,13H2,1-2H3,(H,22,26). The van der Waals surface area contributed by atoms with Crippen molar-refractivity contribution < 1.29 is 13.9 Å². The Morgan fingerprint density at radius 1 is 1.21 bits per heavy atom. The first-order chi connectivity index (χ1) is 13.6. The van der Waals surface area contributed by atoms with E-state index in [0.29, 0.717) is 40.3 Å². The van der Waals surface area contributed by atoms with Crippen LogP contribution in [0.5, 0.6) is 5.75 Å². The van der Waals surface area contributed by atoms with Crippen molar-refractivity contribution in [2.24, 2.45) is 0 Å². The van der Waals surface area contributed by atoms with E-state index in [4.69, 9.17) is 20.8 Å². The maximum absolute atomic E-state index is 12.7. The van der Waals surface area contributed by atoms with Gasteiger partial charge in [-0.05, 0) is 30.7 Å². The Balaban J connectivity index is 1.72. The molecule has 1 aromatic heterocycles. The Kier molecular flexibility index (Phi) is 6.49. The lowest BCUT2D eigenvalue weighted by molar-refractivity contribution is 0.203. The molecule has 3 rings (SSSR count). The van der Waals surface area contributed by atoms with Gasteiger partial charge in [-0.25, -0.2) is 4.79 Å². The average Bonchev–Trinajstić information content (AvgIpc) is 3.16. The summed E-state index contributed by atoms with van der Waals surface area (Å²) in [6, 6.07) is 14.2. The lowest BCUT2D eigenvalue weighted by Crippen LogP contribution is -2.35. The first kappa shape index (κ1) is 19.7. The van der Waals surface area contributed by atoms with Crippen molar-refractivity contribution in [3.63, 3.8) is 0 Å². The van der Waals surface area contributed by atoms with Crippen LogP contribution in [0.1, 0.15) is 19.2 Å². The van der Waals surface area contributed by atoms with E-state index < -0.39 is 0 Å². The van der Waals surface area contributed by atoms with E-state index in [-0.39, 0.29) is 12.6 Å². The molecule has 7 nitrogen and oxygen atoms in total. The van der Waals surface area contributed by atoms with Gasteiger partial charge in [-0.15, -0.1) is 10.2 Å². The molecule has 1 heterocycles. The number of amides is 2. The highest BCUT2D eigenvalue weighted by Crippen LogP contribution is 2.26. The van der Waals surface area contributed by atoms with Crippen LogP contribution in [0, 0.1) is 0 Å². The Hall–Kier alpha value is -3.06. The van der Waals surface area contributed by atoms with Crippen molar-refractivity contribution in [3.05, 3.63) is 59.4 Å². The second-order valence-electron chi connectivity index (χ2n) is 6.06. The zero-order valence-corrected chi connectivity index (χ0v) is 16.4. The molecule has 0 saturated heterocycles. The van der Waals surface area contributed by atoms with Crippen LogP contribution in [0.15, 0.2) is 52.9 Å². The van der Waals surface area contributed by atoms with E-state index in [9.17, 15) is 4.79 Å². The molecule has 1 N–H and O–H groups in total.